The fraction of sp³-hybridized carbons (Fsp3) is 0.611. The lowest BCUT2D eigenvalue weighted by molar-refractivity contribution is 0.127. The van der Waals surface area contributed by atoms with Crippen LogP contribution in [0.15, 0.2) is 0 Å². The predicted molar refractivity (Wildman–Crippen MR) is 108 cm³/mol. The number of urea groups is 1. The zero-order valence-electron chi connectivity index (χ0n) is 16.6. The number of pyridine rings is 1. The molecule has 9 heteroatoms. The van der Waals surface area contributed by atoms with Crippen molar-refractivity contribution in [3.63, 3.8) is 0 Å². The Morgan fingerprint density at radius 2 is 2.00 bits per heavy atom. The Hall–Kier alpha value is -2.06. The van der Waals surface area contributed by atoms with Crippen LogP contribution in [0.1, 0.15) is 44.3 Å². The molecule has 2 amide bonds. The Bertz CT molecular complexity index is 790. The van der Waals surface area contributed by atoms with Crippen molar-refractivity contribution >= 4 is 28.7 Å². The third kappa shape index (κ3) is 5.46. The van der Waals surface area contributed by atoms with Gasteiger partial charge in [-0.1, -0.05) is 11.6 Å². The molecule has 2 aromatic heterocycles. The number of nitrogens with one attached hydrogen (secondary N) is 3. The number of aromatic nitrogens is 3. The van der Waals surface area contributed by atoms with E-state index >= 15 is 0 Å². The summed E-state index contributed by atoms with van der Waals surface area (Å²) in [6.07, 6.45) is 0.760. The van der Waals surface area contributed by atoms with Crippen LogP contribution in [0.25, 0.3) is 11.0 Å². The van der Waals surface area contributed by atoms with E-state index in [2.05, 4.69) is 26.0 Å². The third-order valence-corrected chi connectivity index (χ3v) is 4.33. The first-order valence-corrected chi connectivity index (χ1v) is 9.62. The highest BCUT2D eigenvalue weighted by atomic mass is 35.5. The maximum atomic E-state index is 11.6. The number of hydrogen-bond donors (Lipinski definition) is 3. The SMILES string of the molecule is CCOCc1nc2c(Cl)nc(C)c(C)c2n1NCCCNC(=O)NC(C)C. The van der Waals surface area contributed by atoms with E-state index in [0.717, 1.165) is 29.0 Å². The monoisotopic (exact) mass is 396 g/mol. The number of carbonyl (C=O) groups excluding carboxylic acids is 1. The summed E-state index contributed by atoms with van der Waals surface area (Å²) in [6, 6.07) is -0.0365. The largest absolute Gasteiger partial charge is 0.374 e. The molecule has 0 aliphatic heterocycles. The molecule has 3 N–H and O–H groups in total. The van der Waals surface area contributed by atoms with Crippen molar-refractivity contribution in [1.82, 2.24) is 25.3 Å². The molecular weight excluding hydrogens is 368 g/mol. The molecule has 8 nitrogen and oxygen atoms in total. The van der Waals surface area contributed by atoms with Crippen molar-refractivity contribution in [2.45, 2.75) is 53.7 Å². The third-order valence-electron chi connectivity index (χ3n) is 4.07. The zero-order valence-corrected chi connectivity index (χ0v) is 17.4. The lowest BCUT2D eigenvalue weighted by Crippen LogP contribution is -2.40. The Morgan fingerprint density at radius 3 is 2.67 bits per heavy atom. The molecule has 0 atom stereocenters. The molecule has 2 aromatic rings. The average molecular weight is 397 g/mol. The Balaban J connectivity index is 2.10. The van der Waals surface area contributed by atoms with Gasteiger partial charge < -0.3 is 20.8 Å². The molecule has 2 rings (SSSR count). The number of nitrogens with zero attached hydrogens (tertiary/aromatic N) is 3. The van der Waals surface area contributed by atoms with E-state index < -0.39 is 0 Å². The summed E-state index contributed by atoms with van der Waals surface area (Å²) in [4.78, 5) is 20.6. The number of halogens is 1. The van der Waals surface area contributed by atoms with Crippen molar-refractivity contribution in [3.05, 3.63) is 22.2 Å². The Morgan fingerprint density at radius 1 is 1.26 bits per heavy atom. The van der Waals surface area contributed by atoms with E-state index in [1.54, 1.807) is 0 Å². The molecule has 0 aliphatic carbocycles. The molecule has 0 fully saturated rings. The summed E-state index contributed by atoms with van der Waals surface area (Å²) >= 11 is 6.30. The highest BCUT2D eigenvalue weighted by Crippen LogP contribution is 2.26. The number of hydrogen-bond acceptors (Lipinski definition) is 5. The first-order valence-electron chi connectivity index (χ1n) is 9.25. The van der Waals surface area contributed by atoms with E-state index in [-0.39, 0.29) is 12.1 Å². The molecule has 0 unspecified atom stereocenters. The second kappa shape index (κ2) is 9.75. The van der Waals surface area contributed by atoms with Crippen molar-refractivity contribution in [2.24, 2.45) is 0 Å². The van der Waals surface area contributed by atoms with Crippen LogP contribution in [0.2, 0.25) is 5.15 Å². The fourth-order valence-corrected chi connectivity index (χ4v) is 2.92. The van der Waals surface area contributed by atoms with Gasteiger partial charge in [0, 0.05) is 31.4 Å². The van der Waals surface area contributed by atoms with E-state index in [1.807, 2.05) is 39.3 Å². The normalized spacial score (nSPS) is 11.2. The van der Waals surface area contributed by atoms with Gasteiger partial charge >= 0.3 is 6.03 Å². The van der Waals surface area contributed by atoms with Gasteiger partial charge in [-0.2, -0.15) is 0 Å². The second-order valence-corrected chi connectivity index (χ2v) is 6.99. The molecule has 150 valence electrons. The maximum absolute atomic E-state index is 11.6. The van der Waals surface area contributed by atoms with Crippen molar-refractivity contribution < 1.29 is 9.53 Å². The van der Waals surface area contributed by atoms with Crippen LogP contribution in [-0.4, -0.2) is 46.4 Å². The van der Waals surface area contributed by atoms with Gasteiger partial charge in [-0.25, -0.2) is 19.4 Å². The van der Waals surface area contributed by atoms with Gasteiger partial charge in [-0.05, 0) is 46.6 Å². The summed E-state index contributed by atoms with van der Waals surface area (Å²) < 4.78 is 7.47. The molecular formula is C18H29ClN6O2. The van der Waals surface area contributed by atoms with E-state index in [4.69, 9.17) is 16.3 Å². The number of aryl methyl sites for hydroxylation is 2. The first kappa shape index (κ1) is 21.2. The summed E-state index contributed by atoms with van der Waals surface area (Å²) in [7, 11) is 0. The highest BCUT2D eigenvalue weighted by Gasteiger charge is 2.18. The summed E-state index contributed by atoms with van der Waals surface area (Å²) in [5.41, 5.74) is 6.83. The van der Waals surface area contributed by atoms with Gasteiger partial charge in [0.15, 0.2) is 11.0 Å². The quantitative estimate of drug-likeness (QED) is 0.447. The molecule has 0 radical (unpaired) electrons. The van der Waals surface area contributed by atoms with E-state index in [0.29, 0.717) is 37.0 Å². The number of ether oxygens (including phenoxy) is 1. The molecule has 0 saturated heterocycles. The minimum Gasteiger partial charge on any atom is -0.374 e. The second-order valence-electron chi connectivity index (χ2n) is 6.63. The smallest absolute Gasteiger partial charge is 0.314 e. The number of rotatable bonds is 9. The van der Waals surface area contributed by atoms with Crippen LogP contribution >= 0.6 is 11.6 Å². The minimum atomic E-state index is -0.153. The van der Waals surface area contributed by atoms with Crippen LogP contribution < -0.4 is 16.1 Å². The van der Waals surface area contributed by atoms with Crippen LogP contribution in [0.3, 0.4) is 0 Å². The van der Waals surface area contributed by atoms with Crippen LogP contribution in [0.4, 0.5) is 4.79 Å². The van der Waals surface area contributed by atoms with Gasteiger partial charge in [-0.3, -0.25) is 0 Å². The van der Waals surface area contributed by atoms with Gasteiger partial charge in [0.1, 0.15) is 12.1 Å². The average Bonchev–Trinajstić information content (AvgIpc) is 2.96. The zero-order chi connectivity index (χ0) is 20.0. The fourth-order valence-electron chi connectivity index (χ4n) is 2.67. The molecule has 0 aromatic carbocycles. The van der Waals surface area contributed by atoms with E-state index in [1.165, 1.54) is 0 Å². The molecule has 2 heterocycles. The van der Waals surface area contributed by atoms with Gasteiger partial charge in [-0.15, -0.1) is 0 Å². The van der Waals surface area contributed by atoms with Crippen LogP contribution in [-0.2, 0) is 11.3 Å². The van der Waals surface area contributed by atoms with E-state index in [9.17, 15) is 4.79 Å². The topological polar surface area (TPSA) is 93.1 Å². The van der Waals surface area contributed by atoms with Crippen molar-refractivity contribution in [1.29, 1.82) is 0 Å². The minimum absolute atomic E-state index is 0.117. The Labute approximate surface area is 165 Å². The molecule has 0 spiro atoms. The predicted octanol–water partition coefficient (Wildman–Crippen LogP) is 2.88. The highest BCUT2D eigenvalue weighted by molar-refractivity contribution is 6.33. The maximum Gasteiger partial charge on any atom is 0.314 e. The Kier molecular flexibility index (Phi) is 7.67. The number of carbonyl (C=O) groups is 1. The summed E-state index contributed by atoms with van der Waals surface area (Å²) in [5, 5.41) is 6.03. The first-order chi connectivity index (χ1) is 12.8. The van der Waals surface area contributed by atoms with Crippen molar-refractivity contribution in [2.75, 3.05) is 25.1 Å². The molecule has 0 saturated carbocycles. The molecule has 27 heavy (non-hydrogen) atoms. The van der Waals surface area contributed by atoms with Crippen molar-refractivity contribution in [3.8, 4) is 0 Å². The number of imidazole rings is 1. The molecule has 0 aliphatic rings. The van der Waals surface area contributed by atoms with Gasteiger partial charge in [0.2, 0.25) is 0 Å². The van der Waals surface area contributed by atoms with Gasteiger partial charge in [0.05, 0.1) is 5.52 Å². The van der Waals surface area contributed by atoms with Crippen LogP contribution in [0.5, 0.6) is 0 Å². The number of fused-ring (bicyclic) bond motifs is 1. The lowest BCUT2D eigenvalue weighted by atomic mass is 10.2. The summed E-state index contributed by atoms with van der Waals surface area (Å²) in [5.74, 6) is 0.745. The summed E-state index contributed by atoms with van der Waals surface area (Å²) in [6.45, 7) is 11.9. The van der Waals surface area contributed by atoms with Crippen LogP contribution in [0, 0.1) is 13.8 Å². The molecule has 0 bridgehead atoms. The standard InChI is InChI=1S/C18H29ClN6O2/c1-6-27-10-14-24-15-16(12(4)13(5)23-17(15)19)25(14)21-9-7-8-20-18(26)22-11(2)3/h11,21H,6-10H2,1-5H3,(H2,20,22,26). The number of amides is 2. The van der Waals surface area contributed by atoms with Gasteiger partial charge in [0.25, 0.3) is 0 Å². The lowest BCUT2D eigenvalue weighted by Gasteiger charge is -2.14.